The molecule has 0 fully saturated rings. The fourth-order valence-electron chi connectivity index (χ4n) is 1.92. The van der Waals surface area contributed by atoms with Crippen LogP contribution in [0.1, 0.15) is 18.4 Å². The normalized spacial score (nSPS) is 15.6. The van der Waals surface area contributed by atoms with Crippen LogP contribution < -0.4 is 0 Å². The number of aryl methyl sites for hydroxylation is 1. The SMILES string of the molecule is Cc1ccc2nc(SC3=CC(=O)CC3)[nH]c2c1. The molecular weight excluding hydrogens is 232 g/mol. The lowest BCUT2D eigenvalue weighted by Crippen LogP contribution is -1.80. The predicted octanol–water partition coefficient (Wildman–Crippen LogP) is 3.21. The molecule has 4 heteroatoms. The highest BCUT2D eigenvalue weighted by Gasteiger charge is 2.14. The zero-order valence-corrected chi connectivity index (χ0v) is 10.3. The van der Waals surface area contributed by atoms with Gasteiger partial charge in [-0.2, -0.15) is 0 Å². The molecule has 1 aromatic carbocycles. The second kappa shape index (κ2) is 4.04. The van der Waals surface area contributed by atoms with E-state index >= 15 is 0 Å². The van der Waals surface area contributed by atoms with E-state index in [2.05, 4.69) is 29.0 Å². The van der Waals surface area contributed by atoms with Crippen molar-refractivity contribution in [2.45, 2.75) is 24.9 Å². The number of H-pyrrole nitrogens is 1. The Hall–Kier alpha value is -1.55. The molecule has 1 N–H and O–H groups in total. The number of nitrogens with one attached hydrogen (secondary N) is 1. The van der Waals surface area contributed by atoms with Gasteiger partial charge >= 0.3 is 0 Å². The van der Waals surface area contributed by atoms with E-state index in [9.17, 15) is 4.79 Å². The van der Waals surface area contributed by atoms with Crippen LogP contribution in [0.25, 0.3) is 11.0 Å². The molecule has 0 amide bonds. The summed E-state index contributed by atoms with van der Waals surface area (Å²) in [6, 6.07) is 6.15. The van der Waals surface area contributed by atoms with Crippen LogP contribution in [-0.2, 0) is 4.79 Å². The van der Waals surface area contributed by atoms with Crippen molar-refractivity contribution in [3.05, 3.63) is 34.7 Å². The Morgan fingerprint density at radius 3 is 3.00 bits per heavy atom. The van der Waals surface area contributed by atoms with Gasteiger partial charge in [-0.15, -0.1) is 0 Å². The van der Waals surface area contributed by atoms with Gasteiger partial charge in [0.25, 0.3) is 0 Å². The van der Waals surface area contributed by atoms with Crippen LogP contribution in [0.4, 0.5) is 0 Å². The Kier molecular flexibility index (Phi) is 2.52. The van der Waals surface area contributed by atoms with Crippen LogP contribution in [-0.4, -0.2) is 15.8 Å². The van der Waals surface area contributed by atoms with E-state index in [0.717, 1.165) is 27.5 Å². The third-order valence-electron chi connectivity index (χ3n) is 2.78. The molecule has 0 saturated carbocycles. The quantitative estimate of drug-likeness (QED) is 0.882. The largest absolute Gasteiger partial charge is 0.333 e. The number of thioether (sulfide) groups is 1. The van der Waals surface area contributed by atoms with E-state index < -0.39 is 0 Å². The van der Waals surface area contributed by atoms with E-state index in [1.165, 1.54) is 5.56 Å². The van der Waals surface area contributed by atoms with Gasteiger partial charge in [-0.3, -0.25) is 4.79 Å². The number of aromatic nitrogens is 2. The summed E-state index contributed by atoms with van der Waals surface area (Å²) in [5.41, 5.74) is 3.24. The molecule has 0 spiro atoms. The Balaban J connectivity index is 1.91. The van der Waals surface area contributed by atoms with Gasteiger partial charge in [-0.05, 0) is 42.0 Å². The molecular formula is C13H12N2OS. The van der Waals surface area contributed by atoms with Crippen molar-refractivity contribution in [3.63, 3.8) is 0 Å². The molecule has 3 nitrogen and oxygen atoms in total. The van der Waals surface area contributed by atoms with E-state index in [1.54, 1.807) is 17.8 Å². The number of hydrogen-bond donors (Lipinski definition) is 1. The number of carbonyl (C=O) groups is 1. The smallest absolute Gasteiger partial charge is 0.170 e. The van der Waals surface area contributed by atoms with Crippen molar-refractivity contribution in [1.29, 1.82) is 0 Å². The molecule has 17 heavy (non-hydrogen) atoms. The predicted molar refractivity (Wildman–Crippen MR) is 69.0 cm³/mol. The van der Waals surface area contributed by atoms with Crippen molar-refractivity contribution in [3.8, 4) is 0 Å². The van der Waals surface area contributed by atoms with Crippen molar-refractivity contribution in [1.82, 2.24) is 9.97 Å². The lowest BCUT2D eigenvalue weighted by Gasteiger charge is -1.94. The summed E-state index contributed by atoms with van der Waals surface area (Å²) in [5, 5.41) is 0.867. The lowest BCUT2D eigenvalue weighted by atomic mass is 10.2. The zero-order chi connectivity index (χ0) is 11.8. The van der Waals surface area contributed by atoms with Crippen molar-refractivity contribution in [2.24, 2.45) is 0 Å². The van der Waals surface area contributed by atoms with Crippen LogP contribution in [0.2, 0.25) is 0 Å². The van der Waals surface area contributed by atoms with Crippen molar-refractivity contribution >= 4 is 28.6 Å². The molecule has 0 aliphatic heterocycles. The van der Waals surface area contributed by atoms with Crippen LogP contribution >= 0.6 is 11.8 Å². The summed E-state index contributed by atoms with van der Waals surface area (Å²) in [5.74, 6) is 0.222. The highest BCUT2D eigenvalue weighted by molar-refractivity contribution is 8.03. The van der Waals surface area contributed by atoms with E-state index in [1.807, 2.05) is 6.07 Å². The van der Waals surface area contributed by atoms with Gasteiger partial charge in [0.1, 0.15) is 0 Å². The van der Waals surface area contributed by atoms with Crippen molar-refractivity contribution < 1.29 is 4.79 Å². The number of ketones is 1. The van der Waals surface area contributed by atoms with E-state index in [-0.39, 0.29) is 5.78 Å². The number of allylic oxidation sites excluding steroid dienone is 2. The number of imidazole rings is 1. The number of benzene rings is 1. The first-order chi connectivity index (χ1) is 8.20. The maximum atomic E-state index is 11.1. The summed E-state index contributed by atoms with van der Waals surface area (Å²) >= 11 is 1.56. The van der Waals surface area contributed by atoms with E-state index in [4.69, 9.17) is 0 Å². The van der Waals surface area contributed by atoms with Gasteiger partial charge in [0, 0.05) is 6.42 Å². The van der Waals surface area contributed by atoms with Crippen molar-refractivity contribution in [2.75, 3.05) is 0 Å². The highest BCUT2D eigenvalue weighted by Crippen LogP contribution is 2.32. The number of fused-ring (bicyclic) bond motifs is 1. The first kappa shape index (κ1) is 10.6. The molecule has 1 aliphatic rings. The Morgan fingerprint density at radius 2 is 2.24 bits per heavy atom. The first-order valence-electron chi connectivity index (χ1n) is 5.58. The molecule has 0 unspecified atom stereocenters. The number of aromatic amines is 1. The summed E-state index contributed by atoms with van der Waals surface area (Å²) in [6.07, 6.45) is 3.21. The van der Waals surface area contributed by atoms with Crippen LogP contribution in [0.5, 0.6) is 0 Å². The van der Waals surface area contributed by atoms with Crippen LogP contribution in [0.3, 0.4) is 0 Å². The summed E-state index contributed by atoms with van der Waals surface area (Å²) in [6.45, 7) is 2.06. The minimum Gasteiger partial charge on any atom is -0.333 e. The summed E-state index contributed by atoms with van der Waals surface area (Å²) in [7, 11) is 0. The number of hydrogen-bond acceptors (Lipinski definition) is 3. The minimum absolute atomic E-state index is 0.222. The average molecular weight is 244 g/mol. The second-order valence-electron chi connectivity index (χ2n) is 4.24. The molecule has 1 heterocycles. The highest BCUT2D eigenvalue weighted by atomic mass is 32.2. The lowest BCUT2D eigenvalue weighted by molar-refractivity contribution is -0.114. The molecule has 0 saturated heterocycles. The monoisotopic (exact) mass is 244 g/mol. The summed E-state index contributed by atoms with van der Waals surface area (Å²) < 4.78 is 0. The number of carbonyl (C=O) groups excluding carboxylic acids is 1. The number of rotatable bonds is 2. The first-order valence-corrected chi connectivity index (χ1v) is 6.40. The molecule has 1 aliphatic carbocycles. The molecule has 1 aromatic heterocycles. The molecule has 0 bridgehead atoms. The van der Waals surface area contributed by atoms with Gasteiger partial charge in [-0.25, -0.2) is 4.98 Å². The standard InChI is InChI=1S/C13H12N2OS/c1-8-2-5-11-12(6-8)15-13(14-11)17-10-4-3-9(16)7-10/h2,5-7H,3-4H2,1H3,(H,14,15). The van der Waals surface area contributed by atoms with Crippen LogP contribution in [0, 0.1) is 6.92 Å². The molecule has 0 atom stereocenters. The molecule has 2 aromatic rings. The van der Waals surface area contributed by atoms with Gasteiger partial charge in [0.15, 0.2) is 10.9 Å². The fourth-order valence-corrected chi connectivity index (χ4v) is 2.87. The minimum atomic E-state index is 0.222. The van der Waals surface area contributed by atoms with Gasteiger partial charge in [-0.1, -0.05) is 17.8 Å². The number of nitrogens with zero attached hydrogens (tertiary/aromatic N) is 1. The molecule has 86 valence electrons. The molecule has 0 radical (unpaired) electrons. The fraction of sp³-hybridized carbons (Fsp3) is 0.231. The third kappa shape index (κ3) is 2.13. The Morgan fingerprint density at radius 1 is 1.35 bits per heavy atom. The van der Waals surface area contributed by atoms with Gasteiger partial charge in [0.05, 0.1) is 11.0 Å². The maximum absolute atomic E-state index is 11.1. The third-order valence-corrected chi connectivity index (χ3v) is 3.75. The van der Waals surface area contributed by atoms with Crippen LogP contribution in [0.15, 0.2) is 34.3 Å². The topological polar surface area (TPSA) is 45.8 Å². The molecule has 3 rings (SSSR count). The van der Waals surface area contributed by atoms with Gasteiger partial charge < -0.3 is 4.98 Å². The van der Waals surface area contributed by atoms with E-state index in [0.29, 0.717) is 6.42 Å². The maximum Gasteiger partial charge on any atom is 0.170 e. The Bertz CT molecular complexity index is 627. The second-order valence-corrected chi connectivity index (χ2v) is 5.36. The van der Waals surface area contributed by atoms with Gasteiger partial charge in [0.2, 0.25) is 0 Å². The average Bonchev–Trinajstić information content (AvgIpc) is 2.84. The summed E-state index contributed by atoms with van der Waals surface area (Å²) in [4.78, 5) is 20.0. The zero-order valence-electron chi connectivity index (χ0n) is 9.49. The Labute approximate surface area is 103 Å².